The summed E-state index contributed by atoms with van der Waals surface area (Å²) in [7, 11) is 1.56. The molecule has 106 valence electrons. The quantitative estimate of drug-likeness (QED) is 0.612. The van der Waals surface area contributed by atoms with Gasteiger partial charge in [-0.05, 0) is 13.3 Å². The number of hydrogen-bond acceptors (Lipinski definition) is 2. The first-order valence-corrected chi connectivity index (χ1v) is 6.99. The molecular formula is C14H27NO3. The summed E-state index contributed by atoms with van der Waals surface area (Å²) in [6.45, 7) is 3.73. The summed E-state index contributed by atoms with van der Waals surface area (Å²) in [5.41, 5.74) is 0. The number of carbonyl (C=O) groups is 2. The lowest BCUT2D eigenvalue weighted by atomic mass is 10.1. The number of likely N-dealkylation sites (N-methyl/N-ethyl adjacent to an activating group) is 1. The largest absolute Gasteiger partial charge is 0.480 e. The van der Waals surface area contributed by atoms with Crippen LogP contribution in [0.2, 0.25) is 0 Å². The molecule has 0 heterocycles. The fourth-order valence-corrected chi connectivity index (χ4v) is 1.79. The second-order valence-electron chi connectivity index (χ2n) is 4.89. The minimum absolute atomic E-state index is 0.0709. The van der Waals surface area contributed by atoms with Crippen molar-refractivity contribution in [2.24, 2.45) is 0 Å². The van der Waals surface area contributed by atoms with E-state index in [2.05, 4.69) is 6.92 Å². The summed E-state index contributed by atoms with van der Waals surface area (Å²) in [6, 6.07) is -0.734. The van der Waals surface area contributed by atoms with Crippen molar-refractivity contribution in [2.45, 2.75) is 71.3 Å². The van der Waals surface area contributed by atoms with Gasteiger partial charge < -0.3 is 10.0 Å². The van der Waals surface area contributed by atoms with Crippen molar-refractivity contribution in [3.8, 4) is 0 Å². The van der Waals surface area contributed by atoms with Crippen molar-refractivity contribution >= 4 is 11.9 Å². The summed E-state index contributed by atoms with van der Waals surface area (Å²) >= 11 is 0. The Bertz CT molecular complexity index is 253. The Hall–Kier alpha value is -1.06. The van der Waals surface area contributed by atoms with Crippen LogP contribution >= 0.6 is 0 Å². The van der Waals surface area contributed by atoms with E-state index in [0.717, 1.165) is 12.8 Å². The number of rotatable bonds is 10. The Kier molecular flexibility index (Phi) is 9.33. The van der Waals surface area contributed by atoms with Gasteiger partial charge in [-0.1, -0.05) is 45.4 Å². The van der Waals surface area contributed by atoms with Gasteiger partial charge in [0.05, 0.1) is 0 Å². The maximum absolute atomic E-state index is 11.7. The van der Waals surface area contributed by atoms with Gasteiger partial charge in [-0.15, -0.1) is 0 Å². The molecule has 4 heteroatoms. The molecule has 0 fully saturated rings. The van der Waals surface area contributed by atoms with Crippen LogP contribution in [0.4, 0.5) is 0 Å². The highest BCUT2D eigenvalue weighted by Crippen LogP contribution is 2.10. The summed E-state index contributed by atoms with van der Waals surface area (Å²) in [5, 5.41) is 8.80. The highest BCUT2D eigenvalue weighted by atomic mass is 16.4. The third-order valence-electron chi connectivity index (χ3n) is 3.33. The Morgan fingerprint density at radius 1 is 1.06 bits per heavy atom. The summed E-state index contributed by atoms with van der Waals surface area (Å²) in [6.07, 6.45) is 8.61. The Morgan fingerprint density at radius 2 is 1.56 bits per heavy atom. The highest BCUT2D eigenvalue weighted by Gasteiger charge is 2.20. The molecule has 4 nitrogen and oxygen atoms in total. The van der Waals surface area contributed by atoms with Gasteiger partial charge in [0, 0.05) is 13.5 Å². The zero-order chi connectivity index (χ0) is 14.0. The number of nitrogens with zero attached hydrogens (tertiary/aromatic N) is 1. The van der Waals surface area contributed by atoms with Gasteiger partial charge in [-0.3, -0.25) is 4.79 Å². The molecule has 0 aliphatic carbocycles. The molecule has 0 aliphatic rings. The predicted molar refractivity (Wildman–Crippen MR) is 72.5 cm³/mol. The van der Waals surface area contributed by atoms with Crippen molar-refractivity contribution in [1.29, 1.82) is 0 Å². The lowest BCUT2D eigenvalue weighted by Crippen LogP contribution is -2.40. The third-order valence-corrected chi connectivity index (χ3v) is 3.33. The minimum Gasteiger partial charge on any atom is -0.480 e. The molecule has 0 saturated carbocycles. The SMILES string of the molecule is CCCCCCCCCC(=O)N(C)C(C)C(=O)O. The van der Waals surface area contributed by atoms with Crippen molar-refractivity contribution in [2.75, 3.05) is 7.05 Å². The average molecular weight is 257 g/mol. The molecule has 0 aliphatic heterocycles. The maximum Gasteiger partial charge on any atom is 0.326 e. The Morgan fingerprint density at radius 3 is 2.06 bits per heavy atom. The maximum atomic E-state index is 11.7. The standard InChI is InChI=1S/C14H27NO3/c1-4-5-6-7-8-9-10-11-13(16)15(3)12(2)14(17)18/h12H,4-11H2,1-3H3,(H,17,18). The first-order chi connectivity index (χ1) is 8.50. The van der Waals surface area contributed by atoms with Gasteiger partial charge in [0.15, 0.2) is 0 Å². The smallest absolute Gasteiger partial charge is 0.326 e. The number of carboxylic acid groups (broad SMARTS) is 1. The first-order valence-electron chi connectivity index (χ1n) is 6.99. The summed E-state index contributed by atoms with van der Waals surface area (Å²) in [5.74, 6) is -1.02. The van der Waals surface area contributed by atoms with Crippen LogP contribution in [-0.4, -0.2) is 35.0 Å². The zero-order valence-electron chi connectivity index (χ0n) is 11.9. The van der Waals surface area contributed by atoms with Crippen molar-refractivity contribution in [3.63, 3.8) is 0 Å². The van der Waals surface area contributed by atoms with Crippen LogP contribution in [0.5, 0.6) is 0 Å². The molecule has 0 spiro atoms. The molecule has 0 radical (unpaired) electrons. The van der Waals surface area contributed by atoms with Crippen molar-refractivity contribution < 1.29 is 14.7 Å². The molecule has 0 rings (SSSR count). The Balaban J connectivity index is 3.61. The van der Waals surface area contributed by atoms with Crippen LogP contribution in [0.1, 0.15) is 65.2 Å². The van der Waals surface area contributed by atoms with E-state index in [9.17, 15) is 9.59 Å². The topological polar surface area (TPSA) is 57.6 Å². The number of carbonyl (C=O) groups excluding carboxylic acids is 1. The monoisotopic (exact) mass is 257 g/mol. The molecule has 0 aromatic carbocycles. The fraction of sp³-hybridized carbons (Fsp3) is 0.857. The fourth-order valence-electron chi connectivity index (χ4n) is 1.79. The molecule has 18 heavy (non-hydrogen) atoms. The Labute approximate surface area is 110 Å². The third kappa shape index (κ3) is 7.30. The molecule has 0 saturated heterocycles. The second kappa shape index (κ2) is 9.92. The van der Waals surface area contributed by atoms with E-state index in [1.165, 1.54) is 43.9 Å². The first kappa shape index (κ1) is 16.9. The van der Waals surface area contributed by atoms with E-state index in [-0.39, 0.29) is 5.91 Å². The van der Waals surface area contributed by atoms with Gasteiger partial charge in [0.25, 0.3) is 0 Å². The van der Waals surface area contributed by atoms with Crippen LogP contribution < -0.4 is 0 Å². The summed E-state index contributed by atoms with van der Waals surface area (Å²) in [4.78, 5) is 23.7. The van der Waals surface area contributed by atoms with E-state index >= 15 is 0 Å². The van der Waals surface area contributed by atoms with Crippen molar-refractivity contribution in [1.82, 2.24) is 4.90 Å². The number of unbranched alkanes of at least 4 members (excludes halogenated alkanes) is 6. The number of hydrogen-bond donors (Lipinski definition) is 1. The second-order valence-corrected chi connectivity index (χ2v) is 4.89. The lowest BCUT2D eigenvalue weighted by molar-refractivity contribution is -0.148. The van der Waals surface area contributed by atoms with Gasteiger partial charge >= 0.3 is 5.97 Å². The van der Waals surface area contributed by atoms with Gasteiger partial charge in [-0.2, -0.15) is 0 Å². The van der Waals surface area contributed by atoms with Gasteiger partial charge in [-0.25, -0.2) is 4.79 Å². The van der Waals surface area contributed by atoms with Gasteiger partial charge in [0.1, 0.15) is 6.04 Å². The number of amides is 1. The van der Waals surface area contributed by atoms with Crippen LogP contribution in [-0.2, 0) is 9.59 Å². The van der Waals surface area contributed by atoms with E-state index in [1.807, 2.05) is 0 Å². The van der Waals surface area contributed by atoms with Crippen LogP contribution in [0, 0.1) is 0 Å². The van der Waals surface area contributed by atoms with Crippen molar-refractivity contribution in [3.05, 3.63) is 0 Å². The molecule has 0 bridgehead atoms. The molecule has 1 unspecified atom stereocenters. The van der Waals surface area contributed by atoms with Crippen LogP contribution in [0.25, 0.3) is 0 Å². The highest BCUT2D eigenvalue weighted by molar-refractivity contribution is 5.83. The van der Waals surface area contributed by atoms with E-state index < -0.39 is 12.0 Å². The zero-order valence-corrected chi connectivity index (χ0v) is 11.9. The van der Waals surface area contributed by atoms with E-state index in [1.54, 1.807) is 7.05 Å². The normalized spacial score (nSPS) is 12.2. The molecule has 0 aromatic rings. The van der Waals surface area contributed by atoms with E-state index in [0.29, 0.717) is 6.42 Å². The molecule has 1 amide bonds. The molecule has 0 aromatic heterocycles. The van der Waals surface area contributed by atoms with E-state index in [4.69, 9.17) is 5.11 Å². The molecule has 1 atom stereocenters. The number of carboxylic acids is 1. The summed E-state index contributed by atoms with van der Waals surface area (Å²) < 4.78 is 0. The molecule has 1 N–H and O–H groups in total. The van der Waals surface area contributed by atoms with Crippen LogP contribution in [0.15, 0.2) is 0 Å². The average Bonchev–Trinajstić information content (AvgIpc) is 2.35. The minimum atomic E-state index is -0.953. The lowest BCUT2D eigenvalue weighted by Gasteiger charge is -2.21. The predicted octanol–water partition coefficient (Wildman–Crippen LogP) is 3.06. The van der Waals surface area contributed by atoms with Crippen LogP contribution in [0.3, 0.4) is 0 Å². The molecular weight excluding hydrogens is 230 g/mol. The van der Waals surface area contributed by atoms with Gasteiger partial charge in [0.2, 0.25) is 5.91 Å². The number of aliphatic carboxylic acids is 1.